The van der Waals surface area contributed by atoms with Crippen LogP contribution in [-0.4, -0.2) is 19.2 Å². The molecule has 6 heteroatoms. The highest BCUT2D eigenvalue weighted by Crippen LogP contribution is 2.15. The van der Waals surface area contributed by atoms with E-state index in [-0.39, 0.29) is 10.8 Å². The number of nitrogens with zero attached hydrogens (tertiary/aromatic N) is 1. The predicted molar refractivity (Wildman–Crippen MR) is 71.5 cm³/mol. The van der Waals surface area contributed by atoms with Gasteiger partial charge in [0, 0.05) is 17.4 Å². The predicted octanol–water partition coefficient (Wildman–Crippen LogP) is 2.08. The first-order chi connectivity index (χ1) is 8.99. The fourth-order valence-electron chi connectivity index (χ4n) is 1.49. The summed E-state index contributed by atoms with van der Waals surface area (Å²) in [7, 11) is -3.69. The van der Waals surface area contributed by atoms with Gasteiger partial charge >= 0.3 is 0 Å². The second-order valence-electron chi connectivity index (χ2n) is 3.91. The van der Waals surface area contributed by atoms with Crippen molar-refractivity contribution in [2.75, 3.05) is 4.72 Å². The number of hydrogen-bond acceptors (Lipinski definition) is 4. The van der Waals surface area contributed by atoms with Crippen molar-refractivity contribution in [3.05, 3.63) is 54.2 Å². The lowest BCUT2D eigenvalue weighted by molar-refractivity contribution is 0.101. The average Bonchev–Trinajstić information content (AvgIpc) is 2.40. The van der Waals surface area contributed by atoms with Crippen LogP contribution in [0.2, 0.25) is 0 Å². The molecular weight excluding hydrogens is 264 g/mol. The van der Waals surface area contributed by atoms with Crippen molar-refractivity contribution in [3.8, 4) is 0 Å². The van der Waals surface area contributed by atoms with Gasteiger partial charge in [-0.05, 0) is 43.3 Å². The highest BCUT2D eigenvalue weighted by molar-refractivity contribution is 7.92. The van der Waals surface area contributed by atoms with Crippen molar-refractivity contribution in [3.63, 3.8) is 0 Å². The van der Waals surface area contributed by atoms with Crippen molar-refractivity contribution in [2.45, 2.75) is 11.9 Å². The molecule has 98 valence electrons. The Labute approximate surface area is 111 Å². The van der Waals surface area contributed by atoms with Crippen molar-refractivity contribution < 1.29 is 13.2 Å². The van der Waals surface area contributed by atoms with E-state index in [1.54, 1.807) is 24.3 Å². The van der Waals surface area contributed by atoms with E-state index in [1.807, 2.05) is 0 Å². The lowest BCUT2D eigenvalue weighted by atomic mass is 10.1. The second kappa shape index (κ2) is 5.19. The van der Waals surface area contributed by atoms with Crippen LogP contribution in [0, 0.1) is 0 Å². The minimum absolute atomic E-state index is 0.0503. The molecule has 1 N–H and O–H groups in total. The molecule has 1 aromatic carbocycles. The number of nitrogens with one attached hydrogen (secondary N) is 1. The van der Waals surface area contributed by atoms with Crippen LogP contribution in [0.3, 0.4) is 0 Å². The SMILES string of the molecule is CC(=O)c1ccc(NS(=O)(=O)c2ccccn2)cc1. The Balaban J connectivity index is 2.24. The van der Waals surface area contributed by atoms with E-state index < -0.39 is 10.0 Å². The van der Waals surface area contributed by atoms with Crippen LogP contribution in [0.5, 0.6) is 0 Å². The number of rotatable bonds is 4. The largest absolute Gasteiger partial charge is 0.295 e. The third kappa shape index (κ3) is 3.17. The van der Waals surface area contributed by atoms with Gasteiger partial charge in [0.05, 0.1) is 0 Å². The summed E-state index contributed by atoms with van der Waals surface area (Å²) in [5, 5.41) is -0.0503. The van der Waals surface area contributed by atoms with Gasteiger partial charge in [0.1, 0.15) is 0 Å². The number of hydrogen-bond donors (Lipinski definition) is 1. The van der Waals surface area contributed by atoms with Gasteiger partial charge < -0.3 is 0 Å². The van der Waals surface area contributed by atoms with Crippen LogP contribution in [0.1, 0.15) is 17.3 Å². The maximum absolute atomic E-state index is 12.0. The summed E-state index contributed by atoms with van der Waals surface area (Å²) in [5.41, 5.74) is 0.913. The lowest BCUT2D eigenvalue weighted by Crippen LogP contribution is -2.14. The molecule has 0 fully saturated rings. The monoisotopic (exact) mass is 276 g/mol. The number of carbonyl (C=O) groups is 1. The molecule has 1 aromatic heterocycles. The van der Waals surface area contributed by atoms with Gasteiger partial charge in [-0.3, -0.25) is 9.52 Å². The molecule has 0 atom stereocenters. The Bertz CT molecular complexity index is 680. The fourth-order valence-corrected chi connectivity index (χ4v) is 2.49. The minimum Gasteiger partial charge on any atom is -0.295 e. The van der Waals surface area contributed by atoms with Gasteiger partial charge in [-0.15, -0.1) is 0 Å². The highest BCUT2D eigenvalue weighted by Gasteiger charge is 2.14. The van der Waals surface area contributed by atoms with E-state index in [0.717, 1.165) is 0 Å². The van der Waals surface area contributed by atoms with Crippen LogP contribution in [0.25, 0.3) is 0 Å². The average molecular weight is 276 g/mol. The maximum Gasteiger partial charge on any atom is 0.279 e. The molecule has 2 aromatic rings. The molecular formula is C13H12N2O3S. The first kappa shape index (κ1) is 13.2. The molecule has 5 nitrogen and oxygen atoms in total. The highest BCUT2D eigenvalue weighted by atomic mass is 32.2. The number of sulfonamides is 1. The van der Waals surface area contributed by atoms with E-state index in [0.29, 0.717) is 11.3 Å². The van der Waals surface area contributed by atoms with E-state index in [4.69, 9.17) is 0 Å². The van der Waals surface area contributed by atoms with Crippen molar-refractivity contribution >= 4 is 21.5 Å². The summed E-state index contributed by atoms with van der Waals surface area (Å²) in [6, 6.07) is 10.9. The first-order valence-corrected chi connectivity index (χ1v) is 7.02. The molecule has 0 aliphatic heterocycles. The van der Waals surface area contributed by atoms with E-state index in [9.17, 15) is 13.2 Å². The zero-order chi connectivity index (χ0) is 13.9. The van der Waals surface area contributed by atoms with E-state index in [1.165, 1.54) is 31.3 Å². The van der Waals surface area contributed by atoms with Gasteiger partial charge in [-0.2, -0.15) is 8.42 Å². The number of Topliss-reactive ketones (excluding diaryl/α,β-unsaturated/α-hetero) is 1. The van der Waals surface area contributed by atoms with E-state index >= 15 is 0 Å². The Hall–Kier alpha value is -2.21. The molecule has 0 saturated carbocycles. The van der Waals surface area contributed by atoms with Crippen molar-refractivity contribution in [2.24, 2.45) is 0 Å². The van der Waals surface area contributed by atoms with Gasteiger partial charge in [0.15, 0.2) is 10.8 Å². The zero-order valence-corrected chi connectivity index (χ0v) is 11.0. The van der Waals surface area contributed by atoms with Gasteiger partial charge in [-0.25, -0.2) is 4.98 Å². The summed E-state index contributed by atoms with van der Waals surface area (Å²) in [4.78, 5) is 14.9. The molecule has 0 saturated heterocycles. The summed E-state index contributed by atoms with van der Waals surface area (Å²) >= 11 is 0. The summed E-state index contributed by atoms with van der Waals surface area (Å²) in [5.74, 6) is -0.0702. The minimum atomic E-state index is -3.69. The molecule has 0 spiro atoms. The summed E-state index contributed by atoms with van der Waals surface area (Å²) in [6.45, 7) is 1.45. The van der Waals surface area contributed by atoms with Crippen LogP contribution in [0.15, 0.2) is 53.7 Å². The zero-order valence-electron chi connectivity index (χ0n) is 10.2. The molecule has 1 heterocycles. The Kier molecular flexibility index (Phi) is 3.62. The topological polar surface area (TPSA) is 76.1 Å². The van der Waals surface area contributed by atoms with Gasteiger partial charge in [-0.1, -0.05) is 6.07 Å². The first-order valence-electron chi connectivity index (χ1n) is 5.54. The molecule has 0 aliphatic carbocycles. The molecule has 0 unspecified atom stereocenters. The lowest BCUT2D eigenvalue weighted by Gasteiger charge is -2.07. The van der Waals surface area contributed by atoms with Crippen LogP contribution in [-0.2, 0) is 10.0 Å². The Morgan fingerprint density at radius 2 is 1.79 bits per heavy atom. The Morgan fingerprint density at radius 3 is 2.32 bits per heavy atom. The number of ketones is 1. The smallest absolute Gasteiger partial charge is 0.279 e. The van der Waals surface area contributed by atoms with Gasteiger partial charge in [0.2, 0.25) is 0 Å². The molecule has 0 radical (unpaired) electrons. The molecule has 19 heavy (non-hydrogen) atoms. The molecule has 0 aliphatic rings. The van der Waals surface area contributed by atoms with Gasteiger partial charge in [0.25, 0.3) is 10.0 Å². The van der Waals surface area contributed by atoms with Crippen LogP contribution >= 0.6 is 0 Å². The fraction of sp³-hybridized carbons (Fsp3) is 0.0769. The number of carbonyl (C=O) groups excluding carboxylic acids is 1. The molecule has 2 rings (SSSR count). The number of pyridine rings is 1. The third-order valence-corrected chi connectivity index (χ3v) is 3.75. The van der Waals surface area contributed by atoms with Crippen molar-refractivity contribution in [1.29, 1.82) is 0 Å². The second-order valence-corrected chi connectivity index (χ2v) is 5.54. The maximum atomic E-state index is 12.0. The standard InChI is InChI=1S/C13H12N2O3S/c1-10(16)11-5-7-12(8-6-11)15-19(17,18)13-4-2-3-9-14-13/h2-9,15H,1H3. The normalized spacial score (nSPS) is 11.0. The van der Waals surface area contributed by atoms with Crippen LogP contribution in [0.4, 0.5) is 5.69 Å². The summed E-state index contributed by atoms with van der Waals surface area (Å²) in [6.07, 6.45) is 1.41. The van der Waals surface area contributed by atoms with Crippen molar-refractivity contribution in [1.82, 2.24) is 4.98 Å². The van der Waals surface area contributed by atoms with E-state index in [2.05, 4.69) is 9.71 Å². The van der Waals surface area contributed by atoms with Crippen LogP contribution < -0.4 is 4.72 Å². The quantitative estimate of drug-likeness (QED) is 0.867. The summed E-state index contributed by atoms with van der Waals surface area (Å²) < 4.78 is 26.4. The molecule has 0 amide bonds. The Morgan fingerprint density at radius 1 is 1.11 bits per heavy atom. The number of aromatic nitrogens is 1. The number of anilines is 1. The third-order valence-electron chi connectivity index (χ3n) is 2.46. The molecule has 0 bridgehead atoms. The number of benzene rings is 1.